The largest absolute Gasteiger partial charge is 0.383 e. The minimum absolute atomic E-state index is 0.0562. The van der Waals surface area contributed by atoms with Gasteiger partial charge in [-0.1, -0.05) is 20.8 Å². The Morgan fingerprint density at radius 2 is 2.13 bits per heavy atom. The van der Waals surface area contributed by atoms with Gasteiger partial charge in [0.1, 0.15) is 0 Å². The number of methoxy groups -OCH3 is 1. The molecule has 0 spiro atoms. The summed E-state index contributed by atoms with van der Waals surface area (Å²) in [5.41, 5.74) is 1.10. The van der Waals surface area contributed by atoms with Crippen LogP contribution in [0.3, 0.4) is 0 Å². The molecule has 0 fully saturated rings. The van der Waals surface area contributed by atoms with Gasteiger partial charge in [0.25, 0.3) is 0 Å². The van der Waals surface area contributed by atoms with E-state index in [9.17, 15) is 0 Å². The lowest BCUT2D eigenvalue weighted by Crippen LogP contribution is -2.16. The molecule has 0 saturated heterocycles. The third-order valence-electron chi connectivity index (χ3n) is 2.01. The van der Waals surface area contributed by atoms with Crippen molar-refractivity contribution >= 4 is 5.95 Å². The van der Waals surface area contributed by atoms with Crippen molar-refractivity contribution in [1.29, 1.82) is 0 Å². The molecule has 0 aliphatic heterocycles. The fraction of sp³-hybridized carbons (Fsp3) is 0.636. The number of nitrogens with zero attached hydrogens (tertiary/aromatic N) is 2. The molecule has 1 aromatic rings. The number of aromatic nitrogens is 2. The molecule has 4 nitrogen and oxygen atoms in total. The first-order chi connectivity index (χ1) is 7.04. The van der Waals surface area contributed by atoms with Gasteiger partial charge in [-0.05, 0) is 6.07 Å². The SMILES string of the molecule is COCCNc1nccc(C(C)(C)C)n1. The standard InChI is InChI=1S/C11H19N3O/c1-11(2,3)9-5-6-12-10(14-9)13-7-8-15-4/h5-6H,7-8H2,1-4H3,(H,12,13,14). The molecule has 0 atom stereocenters. The van der Waals surface area contributed by atoms with Gasteiger partial charge in [0.15, 0.2) is 0 Å². The van der Waals surface area contributed by atoms with E-state index in [4.69, 9.17) is 4.74 Å². The molecule has 0 radical (unpaired) electrons. The Morgan fingerprint density at radius 3 is 2.73 bits per heavy atom. The maximum atomic E-state index is 4.94. The van der Waals surface area contributed by atoms with Crippen molar-refractivity contribution in [2.75, 3.05) is 25.6 Å². The molecule has 84 valence electrons. The molecule has 0 bridgehead atoms. The lowest BCUT2D eigenvalue weighted by atomic mass is 9.92. The topological polar surface area (TPSA) is 47.0 Å². The number of anilines is 1. The second-order valence-electron chi connectivity index (χ2n) is 4.44. The van der Waals surface area contributed by atoms with E-state index in [0.717, 1.165) is 12.2 Å². The molecule has 0 amide bonds. The first kappa shape index (κ1) is 11.9. The van der Waals surface area contributed by atoms with Gasteiger partial charge in [-0.3, -0.25) is 0 Å². The Bertz CT molecular complexity index is 307. The van der Waals surface area contributed by atoms with E-state index in [-0.39, 0.29) is 5.41 Å². The van der Waals surface area contributed by atoms with Crippen molar-refractivity contribution in [3.63, 3.8) is 0 Å². The normalized spacial score (nSPS) is 11.5. The van der Waals surface area contributed by atoms with E-state index in [0.29, 0.717) is 12.6 Å². The van der Waals surface area contributed by atoms with Gasteiger partial charge < -0.3 is 10.1 Å². The zero-order valence-electron chi connectivity index (χ0n) is 9.87. The predicted molar refractivity (Wildman–Crippen MR) is 61.1 cm³/mol. The summed E-state index contributed by atoms with van der Waals surface area (Å²) in [7, 11) is 1.67. The van der Waals surface area contributed by atoms with E-state index < -0.39 is 0 Å². The lowest BCUT2D eigenvalue weighted by Gasteiger charge is -2.17. The molecular weight excluding hydrogens is 190 g/mol. The van der Waals surface area contributed by atoms with Crippen LogP contribution in [0.1, 0.15) is 26.5 Å². The van der Waals surface area contributed by atoms with Crippen molar-refractivity contribution < 1.29 is 4.74 Å². The summed E-state index contributed by atoms with van der Waals surface area (Å²) in [4.78, 5) is 8.58. The third-order valence-corrected chi connectivity index (χ3v) is 2.01. The van der Waals surface area contributed by atoms with Crippen molar-refractivity contribution in [2.45, 2.75) is 26.2 Å². The monoisotopic (exact) mass is 209 g/mol. The molecule has 1 rings (SSSR count). The van der Waals surface area contributed by atoms with Crippen molar-refractivity contribution in [3.05, 3.63) is 18.0 Å². The first-order valence-corrected chi connectivity index (χ1v) is 5.10. The number of rotatable bonds is 4. The maximum absolute atomic E-state index is 4.94. The average molecular weight is 209 g/mol. The van der Waals surface area contributed by atoms with Crippen LogP contribution >= 0.6 is 0 Å². The number of ether oxygens (including phenoxy) is 1. The van der Waals surface area contributed by atoms with E-state index in [1.165, 1.54) is 0 Å². The zero-order chi connectivity index (χ0) is 11.3. The fourth-order valence-corrected chi connectivity index (χ4v) is 1.13. The van der Waals surface area contributed by atoms with E-state index in [1.54, 1.807) is 13.3 Å². The summed E-state index contributed by atoms with van der Waals surface area (Å²) in [6, 6.07) is 1.95. The minimum atomic E-state index is 0.0562. The highest BCUT2D eigenvalue weighted by molar-refractivity contribution is 5.27. The lowest BCUT2D eigenvalue weighted by molar-refractivity contribution is 0.210. The molecule has 0 unspecified atom stereocenters. The molecule has 0 saturated carbocycles. The highest BCUT2D eigenvalue weighted by atomic mass is 16.5. The fourth-order valence-electron chi connectivity index (χ4n) is 1.13. The molecule has 15 heavy (non-hydrogen) atoms. The van der Waals surface area contributed by atoms with Gasteiger partial charge in [0.2, 0.25) is 5.95 Å². The molecule has 0 aliphatic carbocycles. The molecule has 1 heterocycles. The predicted octanol–water partition coefficient (Wildman–Crippen LogP) is 1.83. The van der Waals surface area contributed by atoms with Gasteiger partial charge in [0.05, 0.1) is 12.3 Å². The van der Waals surface area contributed by atoms with Crippen LogP contribution in [-0.4, -0.2) is 30.2 Å². The van der Waals surface area contributed by atoms with Crippen LogP contribution in [0.15, 0.2) is 12.3 Å². The average Bonchev–Trinajstić information content (AvgIpc) is 2.17. The quantitative estimate of drug-likeness (QED) is 0.768. The zero-order valence-corrected chi connectivity index (χ0v) is 9.87. The highest BCUT2D eigenvalue weighted by Crippen LogP contribution is 2.19. The molecule has 1 N–H and O–H groups in total. The van der Waals surface area contributed by atoms with Crippen LogP contribution in [0.4, 0.5) is 5.95 Å². The summed E-state index contributed by atoms with van der Waals surface area (Å²) < 4.78 is 4.94. The van der Waals surface area contributed by atoms with Crippen LogP contribution in [0.2, 0.25) is 0 Å². The van der Waals surface area contributed by atoms with E-state index in [2.05, 4.69) is 36.1 Å². The summed E-state index contributed by atoms with van der Waals surface area (Å²) in [6.07, 6.45) is 1.78. The highest BCUT2D eigenvalue weighted by Gasteiger charge is 2.15. The second-order valence-corrected chi connectivity index (χ2v) is 4.44. The molecule has 1 aromatic heterocycles. The number of nitrogens with one attached hydrogen (secondary N) is 1. The van der Waals surface area contributed by atoms with Crippen LogP contribution in [0.25, 0.3) is 0 Å². The summed E-state index contributed by atoms with van der Waals surface area (Å²) in [5.74, 6) is 0.666. The van der Waals surface area contributed by atoms with Gasteiger partial charge in [0, 0.05) is 25.3 Å². The smallest absolute Gasteiger partial charge is 0.222 e. The molecule has 0 aromatic carbocycles. The second kappa shape index (κ2) is 5.07. The molecular formula is C11H19N3O. The Morgan fingerprint density at radius 1 is 1.40 bits per heavy atom. The summed E-state index contributed by atoms with van der Waals surface area (Å²) in [6.45, 7) is 7.78. The summed E-state index contributed by atoms with van der Waals surface area (Å²) >= 11 is 0. The van der Waals surface area contributed by atoms with Gasteiger partial charge >= 0.3 is 0 Å². The molecule has 0 aliphatic rings. The maximum Gasteiger partial charge on any atom is 0.222 e. The summed E-state index contributed by atoms with van der Waals surface area (Å²) in [5, 5.41) is 3.11. The van der Waals surface area contributed by atoms with Gasteiger partial charge in [-0.15, -0.1) is 0 Å². The number of hydrogen-bond acceptors (Lipinski definition) is 4. The van der Waals surface area contributed by atoms with Gasteiger partial charge in [-0.25, -0.2) is 9.97 Å². The van der Waals surface area contributed by atoms with E-state index >= 15 is 0 Å². The molecule has 4 heteroatoms. The van der Waals surface area contributed by atoms with E-state index in [1.807, 2.05) is 6.07 Å². The van der Waals surface area contributed by atoms with Crippen molar-refractivity contribution in [1.82, 2.24) is 9.97 Å². The van der Waals surface area contributed by atoms with Crippen LogP contribution in [-0.2, 0) is 10.2 Å². The Balaban J connectivity index is 2.66. The van der Waals surface area contributed by atoms with Crippen LogP contribution < -0.4 is 5.32 Å². The Kier molecular flexibility index (Phi) is 4.03. The Labute approximate surface area is 91.1 Å². The van der Waals surface area contributed by atoms with Crippen LogP contribution in [0.5, 0.6) is 0 Å². The van der Waals surface area contributed by atoms with Crippen molar-refractivity contribution in [2.24, 2.45) is 0 Å². The Hall–Kier alpha value is -1.16. The van der Waals surface area contributed by atoms with Crippen LogP contribution in [0, 0.1) is 0 Å². The number of hydrogen-bond donors (Lipinski definition) is 1. The first-order valence-electron chi connectivity index (χ1n) is 5.10. The third kappa shape index (κ3) is 3.83. The minimum Gasteiger partial charge on any atom is -0.383 e. The van der Waals surface area contributed by atoms with Gasteiger partial charge in [-0.2, -0.15) is 0 Å². The van der Waals surface area contributed by atoms with Crippen molar-refractivity contribution in [3.8, 4) is 0 Å².